The van der Waals surface area contributed by atoms with Crippen LogP contribution in [0.15, 0.2) is 89.7 Å². The van der Waals surface area contributed by atoms with Crippen LogP contribution in [0.25, 0.3) is 16.6 Å². The van der Waals surface area contributed by atoms with Gasteiger partial charge >= 0.3 is 6.36 Å². The minimum absolute atomic E-state index is 0.0145. The molecule has 2 heterocycles. The quantitative estimate of drug-likeness (QED) is 0.184. The normalized spacial score (nSPS) is 18.1. The molecule has 0 aliphatic carbocycles. The summed E-state index contributed by atoms with van der Waals surface area (Å²) in [6.45, 7) is 6.69. The molecule has 4 atom stereocenters. The average Bonchev–Trinajstić information content (AvgIpc) is 3.33. The van der Waals surface area contributed by atoms with E-state index in [1.807, 2.05) is 6.92 Å². The van der Waals surface area contributed by atoms with Gasteiger partial charge < -0.3 is 4.74 Å². The highest BCUT2D eigenvalue weighted by Crippen LogP contribution is 2.32. The number of aromatic nitrogens is 2. The van der Waals surface area contributed by atoms with Crippen molar-refractivity contribution in [3.63, 3.8) is 0 Å². The number of hydrogen-bond acceptors (Lipinski definition) is 6. The summed E-state index contributed by atoms with van der Waals surface area (Å²) in [4.78, 5) is 35.2. The largest absolute Gasteiger partial charge is 0.573 e. The molecule has 0 fully saturated rings. The van der Waals surface area contributed by atoms with Crippen LogP contribution in [-0.2, 0) is 11.2 Å². The molecule has 45 heavy (non-hydrogen) atoms. The maximum atomic E-state index is 14.1. The Hall–Kier alpha value is -4.75. The Labute approximate surface area is 259 Å². The van der Waals surface area contributed by atoms with Gasteiger partial charge in [-0.25, -0.2) is 4.98 Å². The Balaban J connectivity index is 1.54. The van der Waals surface area contributed by atoms with Crippen molar-refractivity contribution in [3.8, 4) is 17.5 Å². The van der Waals surface area contributed by atoms with E-state index in [-0.39, 0.29) is 35.6 Å². The fourth-order valence-corrected chi connectivity index (χ4v) is 6.01. The third-order valence-electron chi connectivity index (χ3n) is 8.43. The molecule has 0 spiro atoms. The fraction of sp³-hybridized carbons (Fsp3) is 0.314. The van der Waals surface area contributed by atoms with Gasteiger partial charge in [0.15, 0.2) is 0 Å². The third-order valence-corrected chi connectivity index (χ3v) is 8.43. The summed E-state index contributed by atoms with van der Waals surface area (Å²) in [6, 6.07) is 21.4. The van der Waals surface area contributed by atoms with Gasteiger partial charge in [0.2, 0.25) is 0 Å². The number of hydrogen-bond donors (Lipinski definition) is 0. The number of halogens is 3. The van der Waals surface area contributed by atoms with E-state index in [0.717, 1.165) is 0 Å². The first-order valence-electron chi connectivity index (χ1n) is 14.8. The van der Waals surface area contributed by atoms with Crippen molar-refractivity contribution in [1.29, 1.82) is 5.26 Å². The third kappa shape index (κ3) is 7.15. The molecular weight excluding hydrogens is 581 g/mol. The molecule has 0 N–H and O–H groups in total. The lowest BCUT2D eigenvalue weighted by atomic mass is 9.83. The number of nitrogens with zero attached hydrogens (tertiary/aromatic N) is 4. The Kier molecular flexibility index (Phi) is 9.21. The van der Waals surface area contributed by atoms with Crippen molar-refractivity contribution in [3.05, 3.63) is 112 Å². The standard InChI is InChI=1S/C35H33F3N4O3/c1-22-8-9-23(2)41(22)19-18-29(32(43)20-25-12-16-28(17-13-25)45-35(36,37)38)24(3)33-40-31-7-5-4-6-30(31)34(44)42(33)27-14-10-26(21-39)11-15-27/h4-17,22-24,29H,18-20H2,1-3H3/t22-,23?,24-,29?/m0/s1. The molecule has 0 saturated carbocycles. The number of ketones is 1. The molecule has 1 aromatic heterocycles. The Morgan fingerprint density at radius 3 is 2.27 bits per heavy atom. The summed E-state index contributed by atoms with van der Waals surface area (Å²) in [5.41, 5.74) is 1.73. The second kappa shape index (κ2) is 13.1. The summed E-state index contributed by atoms with van der Waals surface area (Å²) in [7, 11) is 0. The summed E-state index contributed by atoms with van der Waals surface area (Å²) < 4.78 is 43.5. The van der Waals surface area contributed by atoms with Crippen molar-refractivity contribution >= 4 is 16.7 Å². The first-order valence-corrected chi connectivity index (χ1v) is 14.8. The van der Waals surface area contributed by atoms with Crippen molar-refractivity contribution in [2.45, 2.75) is 58.0 Å². The van der Waals surface area contributed by atoms with Gasteiger partial charge in [0.05, 0.1) is 28.2 Å². The number of Topliss-reactive ketones (excluding diaryl/α,β-unsaturated/α-hetero) is 1. The van der Waals surface area contributed by atoms with Crippen molar-refractivity contribution in [1.82, 2.24) is 14.5 Å². The molecule has 0 bridgehead atoms. The van der Waals surface area contributed by atoms with Crippen LogP contribution in [0.2, 0.25) is 0 Å². The minimum Gasteiger partial charge on any atom is -0.406 e. The highest BCUT2D eigenvalue weighted by molar-refractivity contribution is 5.84. The molecule has 10 heteroatoms. The van der Waals surface area contributed by atoms with Gasteiger partial charge in [-0.1, -0.05) is 43.3 Å². The predicted molar refractivity (Wildman–Crippen MR) is 165 cm³/mol. The zero-order valence-electron chi connectivity index (χ0n) is 25.2. The van der Waals surface area contributed by atoms with Crippen LogP contribution in [0.4, 0.5) is 13.2 Å². The number of alkyl halides is 3. The highest BCUT2D eigenvalue weighted by Gasteiger charge is 2.33. The zero-order valence-corrected chi connectivity index (χ0v) is 25.2. The molecule has 0 radical (unpaired) electrons. The van der Waals surface area contributed by atoms with Gasteiger partial charge in [-0.3, -0.25) is 19.1 Å². The van der Waals surface area contributed by atoms with E-state index in [2.05, 4.69) is 41.7 Å². The Morgan fingerprint density at radius 2 is 1.64 bits per heavy atom. The van der Waals surface area contributed by atoms with Crippen LogP contribution < -0.4 is 10.3 Å². The summed E-state index contributed by atoms with van der Waals surface area (Å²) >= 11 is 0. The molecule has 1 aliphatic heterocycles. The van der Waals surface area contributed by atoms with E-state index in [9.17, 15) is 28.0 Å². The van der Waals surface area contributed by atoms with E-state index in [0.29, 0.717) is 46.5 Å². The van der Waals surface area contributed by atoms with Crippen molar-refractivity contribution in [2.24, 2.45) is 5.92 Å². The van der Waals surface area contributed by atoms with Gasteiger partial charge in [-0.15, -0.1) is 13.2 Å². The van der Waals surface area contributed by atoms with Gasteiger partial charge in [0.1, 0.15) is 17.4 Å². The molecule has 0 saturated heterocycles. The number of ether oxygens (including phenoxy) is 1. The van der Waals surface area contributed by atoms with Gasteiger partial charge in [0.25, 0.3) is 5.56 Å². The van der Waals surface area contributed by atoms with E-state index in [4.69, 9.17) is 4.98 Å². The van der Waals surface area contributed by atoms with Crippen LogP contribution in [-0.4, -0.2) is 45.2 Å². The van der Waals surface area contributed by atoms with Crippen LogP contribution >= 0.6 is 0 Å². The van der Waals surface area contributed by atoms with Crippen molar-refractivity contribution < 1.29 is 22.7 Å². The van der Waals surface area contributed by atoms with Crippen LogP contribution in [0, 0.1) is 17.2 Å². The lowest BCUT2D eigenvalue weighted by molar-refractivity contribution is -0.274. The molecule has 5 rings (SSSR count). The average molecular weight is 615 g/mol. The van der Waals surface area contributed by atoms with E-state index in [1.54, 1.807) is 48.5 Å². The Morgan fingerprint density at radius 1 is 1.00 bits per heavy atom. The summed E-state index contributed by atoms with van der Waals surface area (Å²) in [5.74, 6) is -1.15. The number of para-hydroxylation sites is 1. The number of fused-ring (bicyclic) bond motifs is 1. The van der Waals surface area contributed by atoms with Crippen LogP contribution in [0.5, 0.6) is 5.75 Å². The number of benzene rings is 3. The van der Waals surface area contributed by atoms with Crippen molar-refractivity contribution in [2.75, 3.05) is 6.54 Å². The number of rotatable bonds is 10. The molecule has 1 aliphatic rings. The number of nitriles is 1. The van der Waals surface area contributed by atoms with Gasteiger partial charge in [-0.2, -0.15) is 5.26 Å². The first-order chi connectivity index (χ1) is 21.4. The topological polar surface area (TPSA) is 88.2 Å². The molecule has 2 unspecified atom stereocenters. The lowest BCUT2D eigenvalue weighted by Gasteiger charge is -2.30. The molecular formula is C35H33F3N4O3. The monoisotopic (exact) mass is 614 g/mol. The van der Waals surface area contributed by atoms with E-state index in [1.165, 1.54) is 28.8 Å². The number of carbonyl (C=O) groups excluding carboxylic acids is 1. The van der Waals surface area contributed by atoms with Gasteiger partial charge in [0, 0.05) is 36.9 Å². The van der Waals surface area contributed by atoms with E-state index >= 15 is 0 Å². The molecule has 0 amide bonds. The maximum Gasteiger partial charge on any atom is 0.573 e. The maximum absolute atomic E-state index is 14.1. The summed E-state index contributed by atoms with van der Waals surface area (Å²) in [5, 5.41) is 9.73. The molecule has 232 valence electrons. The fourth-order valence-electron chi connectivity index (χ4n) is 6.01. The molecule has 4 aromatic rings. The Bertz CT molecular complexity index is 1800. The second-order valence-corrected chi connectivity index (χ2v) is 11.4. The van der Waals surface area contributed by atoms with Crippen LogP contribution in [0.3, 0.4) is 0 Å². The highest BCUT2D eigenvalue weighted by atomic mass is 19.4. The van der Waals surface area contributed by atoms with E-state index < -0.39 is 18.2 Å². The summed E-state index contributed by atoms with van der Waals surface area (Å²) in [6.07, 6.45) is -0.0962. The minimum atomic E-state index is -4.81. The lowest BCUT2D eigenvalue weighted by Crippen LogP contribution is -2.37. The predicted octanol–water partition coefficient (Wildman–Crippen LogP) is 6.73. The first kappa shape index (κ1) is 31.7. The van der Waals surface area contributed by atoms with Gasteiger partial charge in [-0.05, 0) is 74.4 Å². The number of carbonyl (C=O) groups is 1. The second-order valence-electron chi connectivity index (χ2n) is 11.4. The smallest absolute Gasteiger partial charge is 0.406 e. The zero-order chi connectivity index (χ0) is 32.3. The molecule has 3 aromatic carbocycles. The van der Waals surface area contributed by atoms with Crippen LogP contribution in [0.1, 0.15) is 50.1 Å². The molecule has 7 nitrogen and oxygen atoms in total. The SMILES string of the molecule is CC1C=C[C@H](C)N1CCC(C(=O)Cc1ccc(OC(F)(F)F)cc1)[C@H](C)c1nc2ccccc2c(=O)n1-c1ccc(C#N)cc1.